The van der Waals surface area contributed by atoms with Crippen LogP contribution in [0, 0.1) is 5.92 Å². The summed E-state index contributed by atoms with van der Waals surface area (Å²) in [7, 11) is 1.96. The van der Waals surface area contributed by atoms with Gasteiger partial charge in [-0.15, -0.1) is 0 Å². The number of rotatable bonds is 6. The van der Waals surface area contributed by atoms with E-state index in [1.54, 1.807) is 6.33 Å². The molecule has 1 aliphatic rings. The first kappa shape index (κ1) is 18.7. The van der Waals surface area contributed by atoms with Gasteiger partial charge in [-0.25, -0.2) is 4.98 Å². The minimum atomic E-state index is 0.115. The SMILES string of the molecule is Cn1cnc2ccc(NC(=O)CC3CCN(CCc4ccccc4)CC3)cc21. The molecule has 1 N–H and O–H groups in total. The molecule has 3 aromatic rings. The monoisotopic (exact) mass is 376 g/mol. The number of hydrogen-bond donors (Lipinski definition) is 1. The number of hydrogen-bond acceptors (Lipinski definition) is 3. The fourth-order valence-electron chi connectivity index (χ4n) is 4.02. The maximum absolute atomic E-state index is 12.5. The Balaban J connectivity index is 1.22. The minimum absolute atomic E-state index is 0.115. The fourth-order valence-corrected chi connectivity index (χ4v) is 4.02. The van der Waals surface area contributed by atoms with Gasteiger partial charge in [0, 0.05) is 25.7 Å². The van der Waals surface area contributed by atoms with Gasteiger partial charge < -0.3 is 14.8 Å². The first-order chi connectivity index (χ1) is 13.7. The topological polar surface area (TPSA) is 50.2 Å². The van der Waals surface area contributed by atoms with E-state index in [2.05, 4.69) is 45.5 Å². The van der Waals surface area contributed by atoms with Crippen LogP contribution in [0.5, 0.6) is 0 Å². The predicted octanol–water partition coefficient (Wildman–Crippen LogP) is 3.86. The number of nitrogens with zero attached hydrogens (tertiary/aromatic N) is 3. The molecule has 0 unspecified atom stereocenters. The third-order valence-electron chi connectivity index (χ3n) is 5.75. The van der Waals surface area contributed by atoms with Gasteiger partial charge in [0.1, 0.15) is 0 Å². The van der Waals surface area contributed by atoms with Crippen LogP contribution in [0.4, 0.5) is 5.69 Å². The molecule has 28 heavy (non-hydrogen) atoms. The number of fused-ring (bicyclic) bond motifs is 1. The summed E-state index contributed by atoms with van der Waals surface area (Å²) in [5.74, 6) is 0.595. The first-order valence-electron chi connectivity index (χ1n) is 10.1. The van der Waals surface area contributed by atoms with Gasteiger partial charge in [0.25, 0.3) is 0 Å². The van der Waals surface area contributed by atoms with Gasteiger partial charge in [-0.1, -0.05) is 30.3 Å². The predicted molar refractivity (Wildman–Crippen MR) is 113 cm³/mol. The Labute approximate surface area is 166 Å². The number of piperidine rings is 1. The van der Waals surface area contributed by atoms with E-state index in [0.29, 0.717) is 12.3 Å². The molecule has 0 saturated carbocycles. The Bertz CT molecular complexity index is 926. The van der Waals surface area contributed by atoms with Crippen LogP contribution in [0.2, 0.25) is 0 Å². The first-order valence-corrected chi connectivity index (χ1v) is 10.1. The Kier molecular flexibility index (Phi) is 5.72. The van der Waals surface area contributed by atoms with Crippen molar-refractivity contribution in [1.29, 1.82) is 0 Å². The van der Waals surface area contributed by atoms with Crippen molar-refractivity contribution in [3.63, 3.8) is 0 Å². The highest BCUT2D eigenvalue weighted by molar-refractivity contribution is 5.93. The summed E-state index contributed by atoms with van der Waals surface area (Å²) < 4.78 is 1.97. The molecule has 5 heteroatoms. The average molecular weight is 377 g/mol. The second kappa shape index (κ2) is 8.57. The Morgan fingerprint density at radius 2 is 1.93 bits per heavy atom. The number of likely N-dealkylation sites (tertiary alicyclic amines) is 1. The van der Waals surface area contributed by atoms with Crippen LogP contribution in [-0.4, -0.2) is 40.0 Å². The largest absolute Gasteiger partial charge is 0.334 e. The number of imidazole rings is 1. The average Bonchev–Trinajstić information content (AvgIpc) is 3.08. The molecule has 0 bridgehead atoms. The summed E-state index contributed by atoms with van der Waals surface area (Å²) in [6.07, 6.45) is 5.70. The van der Waals surface area contributed by atoms with Crippen molar-refractivity contribution in [2.75, 3.05) is 25.0 Å². The molecule has 1 aromatic heterocycles. The van der Waals surface area contributed by atoms with Crippen LogP contribution in [0.1, 0.15) is 24.8 Å². The van der Waals surface area contributed by atoms with Gasteiger partial charge in [0.15, 0.2) is 0 Å². The number of carbonyl (C=O) groups excluding carboxylic acids is 1. The van der Waals surface area contributed by atoms with Gasteiger partial charge in [-0.3, -0.25) is 4.79 Å². The lowest BCUT2D eigenvalue weighted by atomic mass is 9.93. The molecular formula is C23H28N4O. The van der Waals surface area contributed by atoms with Crippen molar-refractivity contribution in [3.8, 4) is 0 Å². The number of aromatic nitrogens is 2. The standard InChI is InChI=1S/C23H28N4O/c1-26-17-24-21-8-7-20(16-22(21)26)25-23(28)15-19-10-13-27(14-11-19)12-9-18-5-3-2-4-6-18/h2-8,16-17,19H,9-15H2,1H3,(H,25,28). The Hall–Kier alpha value is -2.66. The molecule has 0 spiro atoms. The van der Waals surface area contributed by atoms with Gasteiger partial charge in [-0.05, 0) is 62.0 Å². The molecule has 1 amide bonds. The summed E-state index contributed by atoms with van der Waals surface area (Å²) in [5, 5.41) is 3.06. The van der Waals surface area contributed by atoms with E-state index in [1.165, 1.54) is 5.56 Å². The highest BCUT2D eigenvalue weighted by Crippen LogP contribution is 2.22. The number of anilines is 1. The van der Waals surface area contributed by atoms with Crippen LogP contribution >= 0.6 is 0 Å². The highest BCUT2D eigenvalue weighted by Gasteiger charge is 2.21. The van der Waals surface area contributed by atoms with E-state index < -0.39 is 0 Å². The molecule has 0 radical (unpaired) electrons. The molecule has 5 nitrogen and oxygen atoms in total. The van der Waals surface area contributed by atoms with E-state index >= 15 is 0 Å². The van der Waals surface area contributed by atoms with E-state index in [-0.39, 0.29) is 5.91 Å². The number of benzene rings is 2. The maximum atomic E-state index is 12.5. The molecule has 1 fully saturated rings. The van der Waals surface area contributed by atoms with Crippen molar-refractivity contribution in [3.05, 3.63) is 60.4 Å². The summed E-state index contributed by atoms with van der Waals surface area (Å²) >= 11 is 0. The number of aryl methyl sites for hydroxylation is 1. The smallest absolute Gasteiger partial charge is 0.224 e. The molecule has 1 aliphatic heterocycles. The normalized spacial score (nSPS) is 15.8. The minimum Gasteiger partial charge on any atom is -0.334 e. The van der Waals surface area contributed by atoms with Crippen LogP contribution in [0.3, 0.4) is 0 Å². The highest BCUT2D eigenvalue weighted by atomic mass is 16.1. The number of amides is 1. The van der Waals surface area contributed by atoms with Crippen LogP contribution in [-0.2, 0) is 18.3 Å². The van der Waals surface area contributed by atoms with E-state index in [1.807, 2.05) is 29.8 Å². The second-order valence-corrected chi connectivity index (χ2v) is 7.83. The van der Waals surface area contributed by atoms with Crippen LogP contribution < -0.4 is 5.32 Å². The van der Waals surface area contributed by atoms with Crippen molar-refractivity contribution < 1.29 is 4.79 Å². The molecule has 1 saturated heterocycles. The quantitative estimate of drug-likeness (QED) is 0.711. The van der Waals surface area contributed by atoms with Crippen molar-refractivity contribution in [2.45, 2.75) is 25.7 Å². The van der Waals surface area contributed by atoms with E-state index in [4.69, 9.17) is 0 Å². The zero-order valence-electron chi connectivity index (χ0n) is 16.5. The van der Waals surface area contributed by atoms with E-state index in [9.17, 15) is 4.79 Å². The van der Waals surface area contributed by atoms with Gasteiger partial charge in [-0.2, -0.15) is 0 Å². The number of nitrogens with one attached hydrogen (secondary N) is 1. The molecule has 2 heterocycles. The van der Waals surface area contributed by atoms with Gasteiger partial charge in [0.05, 0.1) is 17.4 Å². The molecule has 0 aliphatic carbocycles. The molecular weight excluding hydrogens is 348 g/mol. The fraction of sp³-hybridized carbons (Fsp3) is 0.391. The van der Waals surface area contributed by atoms with Crippen molar-refractivity contribution in [2.24, 2.45) is 13.0 Å². The van der Waals surface area contributed by atoms with Crippen molar-refractivity contribution >= 4 is 22.6 Å². The van der Waals surface area contributed by atoms with E-state index in [0.717, 1.165) is 55.6 Å². The lowest BCUT2D eigenvalue weighted by Gasteiger charge is -2.31. The van der Waals surface area contributed by atoms with Gasteiger partial charge >= 0.3 is 0 Å². The Morgan fingerprint density at radius 1 is 1.14 bits per heavy atom. The summed E-state index contributed by atoms with van der Waals surface area (Å²) in [4.78, 5) is 19.3. The molecule has 0 atom stereocenters. The summed E-state index contributed by atoms with van der Waals surface area (Å²) in [6, 6.07) is 16.5. The third kappa shape index (κ3) is 4.60. The zero-order valence-corrected chi connectivity index (χ0v) is 16.5. The molecule has 146 valence electrons. The lowest BCUT2D eigenvalue weighted by molar-refractivity contribution is -0.117. The van der Waals surface area contributed by atoms with Gasteiger partial charge in [0.2, 0.25) is 5.91 Å². The van der Waals surface area contributed by atoms with Crippen LogP contribution in [0.25, 0.3) is 11.0 Å². The zero-order chi connectivity index (χ0) is 19.3. The van der Waals surface area contributed by atoms with Crippen LogP contribution in [0.15, 0.2) is 54.9 Å². The summed E-state index contributed by atoms with van der Waals surface area (Å²) in [5.41, 5.74) is 4.23. The Morgan fingerprint density at radius 3 is 2.71 bits per heavy atom. The lowest BCUT2D eigenvalue weighted by Crippen LogP contribution is -2.36. The molecule has 4 rings (SSSR count). The van der Waals surface area contributed by atoms with Crippen molar-refractivity contribution in [1.82, 2.24) is 14.5 Å². The summed E-state index contributed by atoms with van der Waals surface area (Å²) in [6.45, 7) is 3.28. The second-order valence-electron chi connectivity index (χ2n) is 7.83. The third-order valence-corrected chi connectivity index (χ3v) is 5.75. The molecule has 2 aromatic carbocycles. The maximum Gasteiger partial charge on any atom is 0.224 e. The number of carbonyl (C=O) groups is 1.